The molecule has 0 aliphatic heterocycles. The van der Waals surface area contributed by atoms with Crippen LogP contribution >= 0.6 is 22.7 Å². The van der Waals surface area contributed by atoms with Gasteiger partial charge < -0.3 is 5.73 Å². The van der Waals surface area contributed by atoms with E-state index < -0.39 is 0 Å². The molecule has 62 valence electrons. The second-order valence-corrected chi connectivity index (χ2v) is 4.22. The van der Waals surface area contributed by atoms with E-state index in [1.54, 1.807) is 11.3 Å². The minimum absolute atomic E-state index is 0.542. The summed E-state index contributed by atoms with van der Waals surface area (Å²) in [6.45, 7) is 0. The molecule has 0 unspecified atom stereocenters. The molecule has 3 nitrogen and oxygen atoms in total. The van der Waals surface area contributed by atoms with Gasteiger partial charge in [0.25, 0.3) is 0 Å². The average molecular weight is 197 g/mol. The van der Waals surface area contributed by atoms with E-state index in [1.165, 1.54) is 16.9 Å². The van der Waals surface area contributed by atoms with Crippen LogP contribution in [0.3, 0.4) is 0 Å². The largest absolute Gasteiger partial charge is 0.374 e. The fourth-order valence-corrected chi connectivity index (χ4v) is 2.22. The van der Waals surface area contributed by atoms with Crippen LogP contribution in [0.4, 0.5) is 5.13 Å². The molecule has 0 aliphatic carbocycles. The summed E-state index contributed by atoms with van der Waals surface area (Å²) >= 11 is 3.14. The van der Waals surface area contributed by atoms with Crippen molar-refractivity contribution in [1.29, 1.82) is 0 Å². The topological polar surface area (TPSA) is 51.8 Å². The van der Waals surface area contributed by atoms with Crippen LogP contribution in [0.5, 0.6) is 0 Å². The normalized spacial score (nSPS) is 10.3. The summed E-state index contributed by atoms with van der Waals surface area (Å²) in [4.78, 5) is 0. The minimum atomic E-state index is 0.542. The van der Waals surface area contributed by atoms with E-state index in [1.807, 2.05) is 0 Å². The van der Waals surface area contributed by atoms with Crippen molar-refractivity contribution in [2.45, 2.75) is 6.42 Å². The molecule has 0 aliphatic rings. The van der Waals surface area contributed by atoms with Crippen molar-refractivity contribution in [3.8, 4) is 0 Å². The number of nitrogens with two attached hydrogens (primary N) is 1. The first kappa shape index (κ1) is 7.70. The van der Waals surface area contributed by atoms with Gasteiger partial charge >= 0.3 is 0 Å². The molecular weight excluding hydrogens is 190 g/mol. The molecular formula is C7H7N3S2. The van der Waals surface area contributed by atoms with E-state index in [9.17, 15) is 0 Å². The molecule has 5 heteroatoms. The third kappa shape index (κ3) is 1.62. The highest BCUT2D eigenvalue weighted by atomic mass is 32.1. The lowest BCUT2D eigenvalue weighted by Crippen LogP contribution is -1.83. The maximum absolute atomic E-state index is 5.46. The summed E-state index contributed by atoms with van der Waals surface area (Å²) in [5, 5.41) is 13.4. The number of hydrogen-bond acceptors (Lipinski definition) is 5. The van der Waals surface area contributed by atoms with Crippen molar-refractivity contribution in [1.82, 2.24) is 10.2 Å². The van der Waals surface area contributed by atoms with Crippen LogP contribution in [0.2, 0.25) is 0 Å². The lowest BCUT2D eigenvalue weighted by atomic mass is 10.3. The Balaban J connectivity index is 2.14. The minimum Gasteiger partial charge on any atom is -0.374 e. The molecule has 0 radical (unpaired) electrons. The lowest BCUT2D eigenvalue weighted by molar-refractivity contribution is 1.01. The van der Waals surface area contributed by atoms with Crippen molar-refractivity contribution in [3.63, 3.8) is 0 Å². The van der Waals surface area contributed by atoms with E-state index in [-0.39, 0.29) is 0 Å². The molecule has 0 aromatic carbocycles. The number of rotatable bonds is 2. The Bertz CT molecular complexity index is 352. The van der Waals surface area contributed by atoms with E-state index >= 15 is 0 Å². The second-order valence-electron chi connectivity index (χ2n) is 2.34. The number of anilines is 1. The summed E-state index contributed by atoms with van der Waals surface area (Å²) in [6.07, 6.45) is 0.846. The van der Waals surface area contributed by atoms with Crippen LogP contribution in [0.25, 0.3) is 0 Å². The summed E-state index contributed by atoms with van der Waals surface area (Å²) in [5.74, 6) is 0. The van der Waals surface area contributed by atoms with Crippen LogP contribution in [-0.4, -0.2) is 10.2 Å². The fraction of sp³-hybridized carbons (Fsp3) is 0.143. The standard InChI is InChI=1S/C7H7N3S2/c8-7-10-9-6(12-7)3-5-1-2-11-4-5/h1-2,4H,3H2,(H2,8,10). The molecule has 12 heavy (non-hydrogen) atoms. The average Bonchev–Trinajstić information content (AvgIpc) is 2.63. The van der Waals surface area contributed by atoms with Gasteiger partial charge in [0, 0.05) is 6.42 Å². The van der Waals surface area contributed by atoms with E-state index in [2.05, 4.69) is 27.0 Å². The Labute approximate surface area is 77.9 Å². The Morgan fingerprint density at radius 2 is 2.33 bits per heavy atom. The maximum Gasteiger partial charge on any atom is 0.203 e. The summed E-state index contributed by atoms with van der Waals surface area (Å²) in [6, 6.07) is 2.09. The maximum atomic E-state index is 5.46. The first-order valence-corrected chi connectivity index (χ1v) is 5.19. The van der Waals surface area contributed by atoms with Crippen LogP contribution in [-0.2, 0) is 6.42 Å². The zero-order chi connectivity index (χ0) is 8.39. The summed E-state index contributed by atoms with van der Waals surface area (Å²) in [5.41, 5.74) is 6.73. The Morgan fingerprint density at radius 3 is 2.92 bits per heavy atom. The van der Waals surface area contributed by atoms with Crippen LogP contribution in [0.1, 0.15) is 10.6 Å². The van der Waals surface area contributed by atoms with Crippen LogP contribution in [0, 0.1) is 0 Å². The molecule has 2 heterocycles. The highest BCUT2D eigenvalue weighted by Crippen LogP contribution is 2.16. The summed E-state index contributed by atoms with van der Waals surface area (Å²) in [7, 11) is 0. The number of hydrogen-bond donors (Lipinski definition) is 1. The molecule has 0 bridgehead atoms. The van der Waals surface area contributed by atoms with Gasteiger partial charge in [0.05, 0.1) is 0 Å². The van der Waals surface area contributed by atoms with Gasteiger partial charge in [-0.3, -0.25) is 0 Å². The fourth-order valence-electron chi connectivity index (χ4n) is 0.906. The van der Waals surface area contributed by atoms with Crippen molar-refractivity contribution in [2.75, 3.05) is 5.73 Å². The van der Waals surface area contributed by atoms with Crippen molar-refractivity contribution >= 4 is 27.8 Å². The zero-order valence-electron chi connectivity index (χ0n) is 6.23. The highest BCUT2D eigenvalue weighted by molar-refractivity contribution is 7.15. The molecule has 0 saturated heterocycles. The molecule has 0 atom stereocenters. The smallest absolute Gasteiger partial charge is 0.203 e. The third-order valence-electron chi connectivity index (χ3n) is 1.42. The monoisotopic (exact) mass is 197 g/mol. The van der Waals surface area contributed by atoms with Gasteiger partial charge in [-0.2, -0.15) is 11.3 Å². The predicted molar refractivity (Wildman–Crippen MR) is 51.4 cm³/mol. The van der Waals surface area contributed by atoms with Crippen LogP contribution < -0.4 is 5.73 Å². The van der Waals surface area contributed by atoms with Gasteiger partial charge in [-0.25, -0.2) is 0 Å². The van der Waals surface area contributed by atoms with Crippen molar-refractivity contribution in [2.24, 2.45) is 0 Å². The molecule has 0 spiro atoms. The van der Waals surface area contributed by atoms with Gasteiger partial charge in [-0.05, 0) is 22.4 Å². The van der Waals surface area contributed by atoms with Gasteiger partial charge in [0.1, 0.15) is 5.01 Å². The molecule has 2 aromatic rings. The molecule has 0 amide bonds. The predicted octanol–water partition coefficient (Wildman–Crippen LogP) is 1.77. The van der Waals surface area contributed by atoms with E-state index in [0.29, 0.717) is 5.13 Å². The second kappa shape index (κ2) is 3.20. The number of nitrogen functional groups attached to an aromatic ring is 1. The highest BCUT2D eigenvalue weighted by Gasteiger charge is 2.01. The van der Waals surface area contributed by atoms with Gasteiger partial charge in [-0.15, -0.1) is 10.2 Å². The van der Waals surface area contributed by atoms with Crippen molar-refractivity contribution in [3.05, 3.63) is 27.4 Å². The first-order chi connectivity index (χ1) is 5.84. The summed E-state index contributed by atoms with van der Waals surface area (Å²) < 4.78 is 0. The van der Waals surface area contributed by atoms with Gasteiger partial charge in [-0.1, -0.05) is 11.3 Å². The molecule has 2 aromatic heterocycles. The van der Waals surface area contributed by atoms with Crippen molar-refractivity contribution < 1.29 is 0 Å². The molecule has 2 N–H and O–H groups in total. The quantitative estimate of drug-likeness (QED) is 0.798. The van der Waals surface area contributed by atoms with Crippen LogP contribution in [0.15, 0.2) is 16.8 Å². The van der Waals surface area contributed by atoms with E-state index in [4.69, 9.17) is 5.73 Å². The Hall–Kier alpha value is -0.940. The number of nitrogens with zero attached hydrogens (tertiary/aromatic N) is 2. The number of aromatic nitrogens is 2. The molecule has 2 rings (SSSR count). The third-order valence-corrected chi connectivity index (χ3v) is 2.90. The Kier molecular flexibility index (Phi) is 2.05. The van der Waals surface area contributed by atoms with Gasteiger partial charge in [0.2, 0.25) is 5.13 Å². The lowest BCUT2D eigenvalue weighted by Gasteiger charge is -1.87. The van der Waals surface area contributed by atoms with E-state index in [0.717, 1.165) is 11.4 Å². The SMILES string of the molecule is Nc1nnc(Cc2ccsc2)s1. The van der Waals surface area contributed by atoms with Gasteiger partial charge in [0.15, 0.2) is 0 Å². The zero-order valence-corrected chi connectivity index (χ0v) is 7.86. The number of thiophene rings is 1. The Morgan fingerprint density at radius 1 is 1.42 bits per heavy atom. The molecule has 0 fully saturated rings. The molecule has 0 saturated carbocycles. The first-order valence-electron chi connectivity index (χ1n) is 3.43.